The molecule has 0 spiro atoms. The van der Waals surface area contributed by atoms with Crippen LogP contribution in [0.4, 0.5) is 10.5 Å². The highest BCUT2D eigenvalue weighted by Gasteiger charge is 2.24. The highest BCUT2D eigenvalue weighted by Crippen LogP contribution is 2.16. The Kier molecular flexibility index (Phi) is 4.81. The van der Waals surface area contributed by atoms with Crippen molar-refractivity contribution < 1.29 is 9.53 Å². The lowest BCUT2D eigenvalue weighted by Crippen LogP contribution is -2.43. The van der Waals surface area contributed by atoms with Crippen LogP contribution in [0.5, 0.6) is 6.01 Å². The Morgan fingerprint density at radius 3 is 2.62 bits per heavy atom. The summed E-state index contributed by atoms with van der Waals surface area (Å²) in [5.41, 5.74) is 0.879. The lowest BCUT2D eigenvalue weighted by Gasteiger charge is -2.31. The number of amides is 2. The molecule has 1 fully saturated rings. The fourth-order valence-electron chi connectivity index (χ4n) is 2.41. The first-order valence-corrected chi connectivity index (χ1v) is 7.60. The fraction of sp³-hybridized carbons (Fsp3) is 0.312. The van der Waals surface area contributed by atoms with Crippen LogP contribution >= 0.6 is 0 Å². The van der Waals surface area contributed by atoms with E-state index in [1.165, 1.54) is 6.20 Å². The number of carbonyl (C=O) groups is 1. The van der Waals surface area contributed by atoms with Crippen LogP contribution in [0.15, 0.2) is 36.8 Å². The fourth-order valence-corrected chi connectivity index (χ4v) is 2.41. The second-order valence-corrected chi connectivity index (χ2v) is 5.31. The highest BCUT2D eigenvalue weighted by atomic mass is 16.5. The average Bonchev–Trinajstić information content (AvgIpc) is 2.64. The number of urea groups is 1. The Hall–Kier alpha value is -3.21. The summed E-state index contributed by atoms with van der Waals surface area (Å²) in [7, 11) is 0. The molecule has 1 saturated heterocycles. The van der Waals surface area contributed by atoms with E-state index in [4.69, 9.17) is 10.00 Å². The summed E-state index contributed by atoms with van der Waals surface area (Å²) < 4.78 is 5.71. The summed E-state index contributed by atoms with van der Waals surface area (Å²) in [6, 6.07) is 7.08. The molecule has 0 saturated carbocycles. The van der Waals surface area contributed by atoms with Crippen molar-refractivity contribution in [3.8, 4) is 12.1 Å². The van der Waals surface area contributed by atoms with Gasteiger partial charge in [-0.2, -0.15) is 5.26 Å². The first-order valence-electron chi connectivity index (χ1n) is 7.60. The van der Waals surface area contributed by atoms with Crippen molar-refractivity contribution in [3.63, 3.8) is 0 Å². The Morgan fingerprint density at radius 2 is 2.00 bits per heavy atom. The van der Waals surface area contributed by atoms with Crippen LogP contribution in [-0.4, -0.2) is 45.1 Å². The normalized spacial score (nSPS) is 14.7. The zero-order valence-corrected chi connectivity index (χ0v) is 12.9. The number of hydrogen-bond acceptors (Lipinski definition) is 6. The van der Waals surface area contributed by atoms with Gasteiger partial charge in [-0.05, 0) is 18.2 Å². The molecule has 0 aromatic carbocycles. The van der Waals surface area contributed by atoms with E-state index >= 15 is 0 Å². The van der Waals surface area contributed by atoms with Crippen molar-refractivity contribution in [2.45, 2.75) is 18.9 Å². The summed E-state index contributed by atoms with van der Waals surface area (Å²) >= 11 is 0. The minimum absolute atomic E-state index is 0.00743. The van der Waals surface area contributed by atoms with Crippen LogP contribution in [0, 0.1) is 11.3 Å². The Morgan fingerprint density at radius 1 is 1.25 bits per heavy atom. The van der Waals surface area contributed by atoms with Crippen LogP contribution in [0.25, 0.3) is 0 Å². The predicted molar refractivity (Wildman–Crippen MR) is 85.2 cm³/mol. The van der Waals surface area contributed by atoms with Crippen molar-refractivity contribution in [2.24, 2.45) is 0 Å². The molecule has 1 aliphatic heterocycles. The van der Waals surface area contributed by atoms with E-state index in [1.807, 2.05) is 6.07 Å². The molecule has 0 radical (unpaired) electrons. The summed E-state index contributed by atoms with van der Waals surface area (Å²) in [5, 5.41) is 11.5. The minimum Gasteiger partial charge on any atom is -0.460 e. The molecule has 8 heteroatoms. The molecule has 8 nitrogen and oxygen atoms in total. The number of aromatic nitrogens is 3. The topological polar surface area (TPSA) is 104 Å². The Balaban J connectivity index is 1.48. The third-order valence-electron chi connectivity index (χ3n) is 3.67. The Labute approximate surface area is 139 Å². The first-order chi connectivity index (χ1) is 11.7. The number of rotatable bonds is 3. The molecule has 1 N–H and O–H groups in total. The van der Waals surface area contributed by atoms with Crippen molar-refractivity contribution in [1.82, 2.24) is 19.9 Å². The van der Waals surface area contributed by atoms with Gasteiger partial charge in [0.2, 0.25) is 0 Å². The van der Waals surface area contributed by atoms with E-state index in [0.29, 0.717) is 30.5 Å². The number of piperidine rings is 1. The second kappa shape index (κ2) is 7.37. The lowest BCUT2D eigenvalue weighted by molar-refractivity contribution is 0.107. The highest BCUT2D eigenvalue weighted by molar-refractivity contribution is 5.89. The van der Waals surface area contributed by atoms with Gasteiger partial charge >= 0.3 is 12.0 Å². The van der Waals surface area contributed by atoms with Gasteiger partial charge in [0.25, 0.3) is 0 Å². The average molecular weight is 324 g/mol. The van der Waals surface area contributed by atoms with E-state index in [2.05, 4.69) is 20.3 Å². The summed E-state index contributed by atoms with van der Waals surface area (Å²) in [5.74, 6) is 0. The van der Waals surface area contributed by atoms with E-state index in [-0.39, 0.29) is 12.1 Å². The maximum absolute atomic E-state index is 12.2. The summed E-state index contributed by atoms with van der Waals surface area (Å²) in [6.07, 6.45) is 6.19. The lowest BCUT2D eigenvalue weighted by atomic mass is 10.1. The van der Waals surface area contributed by atoms with Crippen molar-refractivity contribution in [2.75, 3.05) is 18.4 Å². The number of carbonyl (C=O) groups excluding carboxylic acids is 1. The molecular weight excluding hydrogens is 308 g/mol. The number of pyridine rings is 1. The predicted octanol–water partition coefficient (Wildman–Crippen LogP) is 1.82. The molecule has 3 rings (SSSR count). The van der Waals surface area contributed by atoms with E-state index in [1.54, 1.807) is 35.5 Å². The van der Waals surface area contributed by atoms with Gasteiger partial charge in [-0.3, -0.25) is 0 Å². The van der Waals surface area contributed by atoms with E-state index < -0.39 is 0 Å². The number of ether oxygens (including phenoxy) is 1. The SMILES string of the molecule is N#Cc1ccc(NC(=O)N2CCC(Oc3ncccn3)CC2)cn1. The van der Waals surface area contributed by atoms with Crippen LogP contribution in [0.1, 0.15) is 18.5 Å². The molecule has 2 amide bonds. The van der Waals surface area contributed by atoms with Gasteiger partial charge in [0, 0.05) is 38.3 Å². The van der Waals surface area contributed by atoms with Crippen molar-refractivity contribution in [3.05, 3.63) is 42.5 Å². The number of likely N-dealkylation sites (tertiary alicyclic amines) is 1. The van der Waals surface area contributed by atoms with E-state index in [0.717, 1.165) is 12.8 Å². The summed E-state index contributed by atoms with van der Waals surface area (Å²) in [6.45, 7) is 1.18. The number of anilines is 1. The zero-order chi connectivity index (χ0) is 16.8. The summed E-state index contributed by atoms with van der Waals surface area (Å²) in [4.78, 5) is 26.0. The van der Waals surface area contributed by atoms with Crippen LogP contribution in [0.2, 0.25) is 0 Å². The minimum atomic E-state index is -0.184. The molecule has 2 aromatic rings. The van der Waals surface area contributed by atoms with Gasteiger partial charge in [-0.15, -0.1) is 0 Å². The third kappa shape index (κ3) is 3.95. The molecule has 0 bridgehead atoms. The van der Waals surface area contributed by atoms with Crippen LogP contribution in [-0.2, 0) is 0 Å². The molecule has 122 valence electrons. The molecular formula is C16H16N6O2. The van der Waals surface area contributed by atoms with Crippen LogP contribution < -0.4 is 10.1 Å². The first kappa shape index (κ1) is 15.7. The second-order valence-electron chi connectivity index (χ2n) is 5.31. The number of nitriles is 1. The smallest absolute Gasteiger partial charge is 0.321 e. The van der Waals surface area contributed by atoms with Gasteiger partial charge in [-0.25, -0.2) is 19.7 Å². The van der Waals surface area contributed by atoms with Gasteiger partial charge in [0.05, 0.1) is 11.9 Å². The number of nitrogens with one attached hydrogen (secondary N) is 1. The number of hydrogen-bond donors (Lipinski definition) is 1. The molecule has 0 unspecified atom stereocenters. The largest absolute Gasteiger partial charge is 0.460 e. The Bertz CT molecular complexity index is 720. The zero-order valence-electron chi connectivity index (χ0n) is 12.9. The molecule has 0 aliphatic carbocycles. The van der Waals surface area contributed by atoms with E-state index in [9.17, 15) is 4.79 Å². The third-order valence-corrected chi connectivity index (χ3v) is 3.67. The van der Waals surface area contributed by atoms with Crippen molar-refractivity contribution >= 4 is 11.7 Å². The maximum atomic E-state index is 12.2. The van der Waals surface area contributed by atoms with Gasteiger partial charge < -0.3 is 15.0 Å². The monoisotopic (exact) mass is 324 g/mol. The quantitative estimate of drug-likeness (QED) is 0.923. The molecule has 0 atom stereocenters. The van der Waals surface area contributed by atoms with Crippen LogP contribution in [0.3, 0.4) is 0 Å². The maximum Gasteiger partial charge on any atom is 0.321 e. The molecule has 3 heterocycles. The molecule has 1 aliphatic rings. The standard InChI is InChI=1S/C16H16N6O2/c17-10-12-2-3-13(11-20-12)21-16(23)22-8-4-14(5-9-22)24-15-18-6-1-7-19-15/h1-3,6-7,11,14H,4-5,8-9H2,(H,21,23). The van der Waals surface area contributed by atoms with Gasteiger partial charge in [-0.1, -0.05) is 0 Å². The van der Waals surface area contributed by atoms with Crippen molar-refractivity contribution in [1.29, 1.82) is 5.26 Å². The molecule has 2 aromatic heterocycles. The number of nitrogens with zero attached hydrogens (tertiary/aromatic N) is 5. The van der Waals surface area contributed by atoms with Gasteiger partial charge in [0.1, 0.15) is 17.9 Å². The van der Waals surface area contributed by atoms with Gasteiger partial charge in [0.15, 0.2) is 0 Å². The molecule has 24 heavy (non-hydrogen) atoms.